The van der Waals surface area contributed by atoms with E-state index < -0.39 is 0 Å². The molecule has 106 valence electrons. The van der Waals surface area contributed by atoms with Crippen LogP contribution in [-0.4, -0.2) is 37.0 Å². The van der Waals surface area contributed by atoms with Crippen LogP contribution in [0.2, 0.25) is 0 Å². The van der Waals surface area contributed by atoms with Gasteiger partial charge in [0.2, 0.25) is 0 Å². The van der Waals surface area contributed by atoms with Gasteiger partial charge in [-0.1, -0.05) is 19.1 Å². The first-order valence-corrected chi connectivity index (χ1v) is 6.92. The molecule has 18 heavy (non-hydrogen) atoms. The standard InChI is InChI=1S/C14H27N3.HI/c1-4-6-7-10-16-14(15-5-2)17-11-8-13(3)9-12-17;/h4,6,13H,5,7-12H2,1-3H3,(H,15,16);1H. The van der Waals surface area contributed by atoms with E-state index in [1.54, 1.807) is 0 Å². The zero-order valence-corrected chi connectivity index (χ0v) is 14.3. The Morgan fingerprint density at radius 2 is 2.06 bits per heavy atom. The first kappa shape index (κ1) is 17.7. The fourth-order valence-corrected chi connectivity index (χ4v) is 2.06. The molecule has 0 spiro atoms. The molecular weight excluding hydrogens is 337 g/mol. The second-order valence-electron chi connectivity index (χ2n) is 4.76. The molecule has 0 aromatic heterocycles. The van der Waals surface area contributed by atoms with Crippen LogP contribution in [0.1, 0.15) is 40.0 Å². The molecule has 1 saturated heterocycles. The Hall–Kier alpha value is -0.260. The number of aliphatic imine (C=N–C) groups is 1. The number of guanidine groups is 1. The third-order valence-electron chi connectivity index (χ3n) is 3.21. The molecule has 0 atom stereocenters. The highest BCUT2D eigenvalue weighted by Crippen LogP contribution is 2.15. The molecule has 0 amide bonds. The summed E-state index contributed by atoms with van der Waals surface area (Å²) in [6, 6.07) is 0. The van der Waals surface area contributed by atoms with Crippen LogP contribution < -0.4 is 5.32 Å². The SMILES string of the molecule is CC=CCCN=C(NCC)N1CCC(C)CC1.I. The monoisotopic (exact) mass is 365 g/mol. The highest BCUT2D eigenvalue weighted by molar-refractivity contribution is 14.0. The Bertz CT molecular complexity index is 256. The van der Waals surface area contributed by atoms with Crippen LogP contribution in [0.4, 0.5) is 0 Å². The largest absolute Gasteiger partial charge is 0.357 e. The molecule has 0 unspecified atom stereocenters. The predicted molar refractivity (Wildman–Crippen MR) is 90.8 cm³/mol. The fourth-order valence-electron chi connectivity index (χ4n) is 2.06. The van der Waals surface area contributed by atoms with Gasteiger partial charge in [0.1, 0.15) is 0 Å². The number of hydrogen-bond donors (Lipinski definition) is 1. The number of piperidine rings is 1. The number of nitrogens with zero attached hydrogens (tertiary/aromatic N) is 2. The van der Waals surface area contributed by atoms with E-state index in [-0.39, 0.29) is 24.0 Å². The molecule has 3 nitrogen and oxygen atoms in total. The quantitative estimate of drug-likeness (QED) is 0.272. The van der Waals surface area contributed by atoms with Crippen LogP contribution >= 0.6 is 24.0 Å². The summed E-state index contributed by atoms with van der Waals surface area (Å²) in [4.78, 5) is 7.08. The number of nitrogens with one attached hydrogen (secondary N) is 1. The van der Waals surface area contributed by atoms with Crippen LogP contribution in [0.3, 0.4) is 0 Å². The normalized spacial score (nSPS) is 17.9. The van der Waals surface area contributed by atoms with Gasteiger partial charge in [0.25, 0.3) is 0 Å². The minimum Gasteiger partial charge on any atom is -0.357 e. The van der Waals surface area contributed by atoms with E-state index in [2.05, 4.69) is 48.1 Å². The summed E-state index contributed by atoms with van der Waals surface area (Å²) >= 11 is 0. The molecule has 4 heteroatoms. The van der Waals surface area contributed by atoms with Gasteiger partial charge in [-0.3, -0.25) is 4.99 Å². The molecule has 1 heterocycles. The van der Waals surface area contributed by atoms with Gasteiger partial charge in [0, 0.05) is 26.2 Å². The van der Waals surface area contributed by atoms with E-state index in [0.29, 0.717) is 0 Å². The Morgan fingerprint density at radius 3 is 2.61 bits per heavy atom. The Balaban J connectivity index is 0.00000289. The summed E-state index contributed by atoms with van der Waals surface area (Å²) in [6.45, 7) is 10.7. The maximum absolute atomic E-state index is 4.68. The molecular formula is C14H28IN3. The summed E-state index contributed by atoms with van der Waals surface area (Å²) in [5, 5.41) is 3.40. The third kappa shape index (κ3) is 6.61. The maximum atomic E-state index is 4.68. The highest BCUT2D eigenvalue weighted by Gasteiger charge is 2.18. The summed E-state index contributed by atoms with van der Waals surface area (Å²) in [7, 11) is 0. The van der Waals surface area contributed by atoms with Crippen molar-refractivity contribution < 1.29 is 0 Å². The van der Waals surface area contributed by atoms with E-state index in [0.717, 1.165) is 44.5 Å². The van der Waals surface area contributed by atoms with Crippen LogP contribution in [0.25, 0.3) is 0 Å². The zero-order valence-electron chi connectivity index (χ0n) is 12.0. The van der Waals surface area contributed by atoms with Gasteiger partial charge in [-0.05, 0) is 39.0 Å². The number of likely N-dealkylation sites (tertiary alicyclic amines) is 1. The van der Waals surface area contributed by atoms with Crippen molar-refractivity contribution in [2.45, 2.75) is 40.0 Å². The third-order valence-corrected chi connectivity index (χ3v) is 3.21. The van der Waals surface area contributed by atoms with Crippen molar-refractivity contribution in [3.8, 4) is 0 Å². The predicted octanol–water partition coefficient (Wildman–Crippen LogP) is 3.27. The molecule has 1 fully saturated rings. The zero-order chi connectivity index (χ0) is 12.5. The number of hydrogen-bond acceptors (Lipinski definition) is 1. The summed E-state index contributed by atoms with van der Waals surface area (Å²) in [5.41, 5.74) is 0. The second-order valence-corrected chi connectivity index (χ2v) is 4.76. The molecule has 1 aliphatic heterocycles. The van der Waals surface area contributed by atoms with Crippen LogP contribution in [0.15, 0.2) is 17.1 Å². The lowest BCUT2D eigenvalue weighted by molar-refractivity contribution is 0.273. The molecule has 0 aromatic carbocycles. The second kappa shape index (κ2) is 10.6. The van der Waals surface area contributed by atoms with Crippen molar-refractivity contribution >= 4 is 29.9 Å². The lowest BCUT2D eigenvalue weighted by Gasteiger charge is -2.32. The van der Waals surface area contributed by atoms with Crippen molar-refractivity contribution in [1.29, 1.82) is 0 Å². The molecule has 0 saturated carbocycles. The van der Waals surface area contributed by atoms with Gasteiger partial charge in [0.15, 0.2) is 5.96 Å². The van der Waals surface area contributed by atoms with Crippen molar-refractivity contribution in [2.75, 3.05) is 26.2 Å². The van der Waals surface area contributed by atoms with Crippen molar-refractivity contribution in [1.82, 2.24) is 10.2 Å². The molecule has 1 aliphatic rings. The van der Waals surface area contributed by atoms with Gasteiger partial charge in [-0.25, -0.2) is 0 Å². The molecule has 0 radical (unpaired) electrons. The van der Waals surface area contributed by atoms with Gasteiger partial charge >= 0.3 is 0 Å². The Labute approximate surface area is 129 Å². The van der Waals surface area contributed by atoms with Gasteiger partial charge in [-0.2, -0.15) is 0 Å². The average molecular weight is 365 g/mol. The first-order chi connectivity index (χ1) is 8.27. The summed E-state index contributed by atoms with van der Waals surface area (Å²) in [5.74, 6) is 1.97. The average Bonchev–Trinajstić information content (AvgIpc) is 2.34. The smallest absolute Gasteiger partial charge is 0.193 e. The first-order valence-electron chi connectivity index (χ1n) is 6.92. The van der Waals surface area contributed by atoms with E-state index in [1.807, 2.05) is 0 Å². The minimum absolute atomic E-state index is 0. The van der Waals surface area contributed by atoms with Crippen molar-refractivity contribution in [2.24, 2.45) is 10.9 Å². The molecule has 0 bridgehead atoms. The summed E-state index contributed by atoms with van der Waals surface area (Å²) in [6.07, 6.45) is 7.88. The molecule has 0 aliphatic carbocycles. The van der Waals surface area contributed by atoms with Crippen LogP contribution in [0.5, 0.6) is 0 Å². The van der Waals surface area contributed by atoms with E-state index in [9.17, 15) is 0 Å². The van der Waals surface area contributed by atoms with Gasteiger partial charge < -0.3 is 10.2 Å². The van der Waals surface area contributed by atoms with Crippen molar-refractivity contribution in [3.05, 3.63) is 12.2 Å². The van der Waals surface area contributed by atoms with E-state index in [1.165, 1.54) is 12.8 Å². The summed E-state index contributed by atoms with van der Waals surface area (Å²) < 4.78 is 0. The van der Waals surface area contributed by atoms with Gasteiger partial charge in [0.05, 0.1) is 0 Å². The Morgan fingerprint density at radius 1 is 1.39 bits per heavy atom. The fraction of sp³-hybridized carbons (Fsp3) is 0.786. The van der Waals surface area contributed by atoms with E-state index in [4.69, 9.17) is 0 Å². The van der Waals surface area contributed by atoms with Crippen LogP contribution in [0, 0.1) is 5.92 Å². The molecule has 1 rings (SSSR count). The lowest BCUT2D eigenvalue weighted by Crippen LogP contribution is -2.45. The number of rotatable bonds is 4. The minimum atomic E-state index is 0. The maximum Gasteiger partial charge on any atom is 0.193 e. The lowest BCUT2D eigenvalue weighted by atomic mass is 10.00. The van der Waals surface area contributed by atoms with Crippen molar-refractivity contribution in [3.63, 3.8) is 0 Å². The molecule has 0 aromatic rings. The van der Waals surface area contributed by atoms with Crippen LogP contribution in [-0.2, 0) is 0 Å². The van der Waals surface area contributed by atoms with E-state index >= 15 is 0 Å². The number of halogens is 1. The Kier molecular flexibility index (Phi) is 10.5. The number of allylic oxidation sites excluding steroid dienone is 1. The molecule has 1 N–H and O–H groups in total. The van der Waals surface area contributed by atoms with Gasteiger partial charge in [-0.15, -0.1) is 24.0 Å². The highest BCUT2D eigenvalue weighted by atomic mass is 127. The topological polar surface area (TPSA) is 27.6 Å².